The Morgan fingerprint density at radius 2 is 2.35 bits per heavy atom. The first-order valence-corrected chi connectivity index (χ1v) is 6.44. The van der Waals surface area contributed by atoms with Gasteiger partial charge in [-0.05, 0) is 18.8 Å². The largest absolute Gasteiger partial charge is 0.394 e. The van der Waals surface area contributed by atoms with Crippen molar-refractivity contribution >= 4 is 0 Å². The van der Waals surface area contributed by atoms with Gasteiger partial charge in [0.25, 0.3) is 0 Å². The maximum atomic E-state index is 8.94. The second kappa shape index (κ2) is 5.60. The third-order valence-corrected chi connectivity index (χ3v) is 3.70. The van der Waals surface area contributed by atoms with Crippen LogP contribution in [0, 0.1) is 5.92 Å². The Bertz CT molecular complexity index is 353. The van der Waals surface area contributed by atoms with Crippen molar-refractivity contribution in [2.45, 2.75) is 51.0 Å². The first-order chi connectivity index (χ1) is 8.24. The molecule has 1 saturated carbocycles. The molecule has 5 nitrogen and oxygen atoms in total. The fourth-order valence-electron chi connectivity index (χ4n) is 2.54. The van der Waals surface area contributed by atoms with Crippen molar-refractivity contribution < 1.29 is 9.63 Å². The molecule has 96 valence electrons. The maximum Gasteiger partial charge on any atom is 0.245 e. The van der Waals surface area contributed by atoms with Crippen molar-refractivity contribution in [1.82, 2.24) is 10.1 Å². The second-order valence-electron chi connectivity index (χ2n) is 4.92. The van der Waals surface area contributed by atoms with Gasteiger partial charge in [-0.2, -0.15) is 4.98 Å². The fraction of sp³-hybridized carbons (Fsp3) is 0.833. The van der Waals surface area contributed by atoms with E-state index >= 15 is 0 Å². The summed E-state index contributed by atoms with van der Waals surface area (Å²) in [5, 5.41) is 12.9. The predicted octanol–water partition coefficient (Wildman–Crippen LogP) is 1.75. The number of rotatable bonds is 4. The van der Waals surface area contributed by atoms with Gasteiger partial charge in [0.2, 0.25) is 5.89 Å². The first kappa shape index (κ1) is 12.5. The van der Waals surface area contributed by atoms with Crippen LogP contribution in [0.2, 0.25) is 0 Å². The molecule has 3 N–H and O–H groups in total. The molecule has 0 amide bonds. The lowest BCUT2D eigenvalue weighted by Crippen LogP contribution is -2.16. The van der Waals surface area contributed by atoms with Crippen LogP contribution in [0.3, 0.4) is 0 Å². The van der Waals surface area contributed by atoms with Crippen molar-refractivity contribution in [1.29, 1.82) is 0 Å². The molecule has 0 saturated heterocycles. The van der Waals surface area contributed by atoms with E-state index in [1.807, 2.05) is 0 Å². The Kier molecular flexibility index (Phi) is 4.12. The molecule has 1 aliphatic carbocycles. The lowest BCUT2D eigenvalue weighted by Gasteiger charge is -2.26. The number of nitrogens with zero attached hydrogens (tertiary/aromatic N) is 2. The molecule has 1 heterocycles. The van der Waals surface area contributed by atoms with Crippen LogP contribution in [0.1, 0.15) is 62.7 Å². The Labute approximate surface area is 101 Å². The van der Waals surface area contributed by atoms with Crippen molar-refractivity contribution in [3.05, 3.63) is 11.7 Å². The van der Waals surface area contributed by atoms with Crippen molar-refractivity contribution in [3.63, 3.8) is 0 Å². The standard InChI is InChI=1S/C12H21N3O2/c1-2-8-4-3-5-9(6-8)11-14-12(17-15-11)10(13)7-16/h8-10,16H,2-7,13H2,1H3/t8?,9?,10-/m1/s1. The average molecular weight is 239 g/mol. The van der Waals surface area contributed by atoms with E-state index in [1.54, 1.807) is 0 Å². The Balaban J connectivity index is 2.04. The SMILES string of the molecule is CCC1CCCC(c2noc([C@H](N)CO)n2)C1. The fourth-order valence-corrected chi connectivity index (χ4v) is 2.54. The normalized spacial score (nSPS) is 27.0. The molecule has 1 fully saturated rings. The minimum atomic E-state index is -0.554. The zero-order valence-corrected chi connectivity index (χ0v) is 10.3. The topological polar surface area (TPSA) is 85.2 Å². The summed E-state index contributed by atoms with van der Waals surface area (Å²) in [6.45, 7) is 2.07. The van der Waals surface area contributed by atoms with E-state index in [0.29, 0.717) is 11.8 Å². The van der Waals surface area contributed by atoms with E-state index in [1.165, 1.54) is 19.3 Å². The van der Waals surface area contributed by atoms with Crippen LogP contribution in [-0.4, -0.2) is 21.9 Å². The van der Waals surface area contributed by atoms with Gasteiger partial charge < -0.3 is 15.4 Å². The molecule has 0 spiro atoms. The monoisotopic (exact) mass is 239 g/mol. The van der Waals surface area contributed by atoms with Crippen LogP contribution in [-0.2, 0) is 0 Å². The van der Waals surface area contributed by atoms with Gasteiger partial charge in [-0.1, -0.05) is 31.3 Å². The highest BCUT2D eigenvalue weighted by molar-refractivity contribution is 5.00. The lowest BCUT2D eigenvalue weighted by atomic mass is 9.80. The van der Waals surface area contributed by atoms with Crippen LogP contribution in [0.15, 0.2) is 4.52 Å². The van der Waals surface area contributed by atoms with Gasteiger partial charge in [0.15, 0.2) is 5.82 Å². The third-order valence-electron chi connectivity index (χ3n) is 3.70. The summed E-state index contributed by atoms with van der Waals surface area (Å²) in [5.74, 6) is 2.29. The highest BCUT2D eigenvalue weighted by atomic mass is 16.5. The summed E-state index contributed by atoms with van der Waals surface area (Å²) < 4.78 is 5.09. The number of aromatic nitrogens is 2. The van der Waals surface area contributed by atoms with Crippen LogP contribution in [0.25, 0.3) is 0 Å². The zero-order valence-electron chi connectivity index (χ0n) is 10.3. The lowest BCUT2D eigenvalue weighted by molar-refractivity contribution is 0.236. The van der Waals surface area contributed by atoms with Gasteiger partial charge >= 0.3 is 0 Å². The molecule has 0 bridgehead atoms. The predicted molar refractivity (Wildman–Crippen MR) is 63.3 cm³/mol. The molecule has 17 heavy (non-hydrogen) atoms. The third kappa shape index (κ3) is 2.84. The van der Waals surface area contributed by atoms with E-state index in [2.05, 4.69) is 17.1 Å². The Morgan fingerprint density at radius 1 is 1.53 bits per heavy atom. The molecule has 0 aromatic carbocycles. The minimum Gasteiger partial charge on any atom is -0.394 e. The van der Waals surface area contributed by atoms with Crippen LogP contribution < -0.4 is 5.73 Å². The van der Waals surface area contributed by atoms with Crippen LogP contribution in [0.4, 0.5) is 0 Å². The van der Waals surface area contributed by atoms with Crippen molar-refractivity contribution in [2.24, 2.45) is 11.7 Å². The Morgan fingerprint density at radius 3 is 3.06 bits per heavy atom. The van der Waals surface area contributed by atoms with Crippen LogP contribution >= 0.6 is 0 Å². The summed E-state index contributed by atoms with van der Waals surface area (Å²) in [7, 11) is 0. The summed E-state index contributed by atoms with van der Waals surface area (Å²) in [4.78, 5) is 4.31. The Hall–Kier alpha value is -0.940. The molecule has 1 aromatic heterocycles. The molecule has 0 aliphatic heterocycles. The van der Waals surface area contributed by atoms with Gasteiger partial charge in [-0.15, -0.1) is 0 Å². The number of aliphatic hydroxyl groups excluding tert-OH is 1. The zero-order chi connectivity index (χ0) is 12.3. The van der Waals surface area contributed by atoms with E-state index in [-0.39, 0.29) is 6.61 Å². The molecule has 3 atom stereocenters. The van der Waals surface area contributed by atoms with Crippen molar-refractivity contribution in [3.8, 4) is 0 Å². The second-order valence-corrected chi connectivity index (χ2v) is 4.92. The first-order valence-electron chi connectivity index (χ1n) is 6.44. The smallest absolute Gasteiger partial charge is 0.245 e. The summed E-state index contributed by atoms with van der Waals surface area (Å²) >= 11 is 0. The number of nitrogens with two attached hydrogens (primary N) is 1. The van der Waals surface area contributed by atoms with E-state index in [0.717, 1.165) is 24.6 Å². The van der Waals surface area contributed by atoms with E-state index in [9.17, 15) is 0 Å². The number of hydrogen-bond donors (Lipinski definition) is 2. The van der Waals surface area contributed by atoms with E-state index in [4.69, 9.17) is 15.4 Å². The molecule has 5 heteroatoms. The molecule has 2 unspecified atom stereocenters. The minimum absolute atomic E-state index is 0.163. The van der Waals surface area contributed by atoms with Gasteiger partial charge in [-0.25, -0.2) is 0 Å². The highest BCUT2D eigenvalue weighted by Crippen LogP contribution is 2.36. The van der Waals surface area contributed by atoms with Crippen molar-refractivity contribution in [2.75, 3.05) is 6.61 Å². The number of hydrogen-bond acceptors (Lipinski definition) is 5. The van der Waals surface area contributed by atoms with Gasteiger partial charge in [0.1, 0.15) is 6.04 Å². The summed E-state index contributed by atoms with van der Waals surface area (Å²) in [6, 6.07) is -0.554. The summed E-state index contributed by atoms with van der Waals surface area (Å²) in [5.41, 5.74) is 5.64. The molecule has 1 aliphatic rings. The van der Waals surface area contributed by atoms with Crippen LogP contribution in [0.5, 0.6) is 0 Å². The molecular formula is C12H21N3O2. The maximum absolute atomic E-state index is 8.94. The molecule has 0 radical (unpaired) electrons. The van der Waals surface area contributed by atoms with Gasteiger partial charge in [-0.3, -0.25) is 0 Å². The van der Waals surface area contributed by atoms with Gasteiger partial charge in [0, 0.05) is 5.92 Å². The number of aliphatic hydroxyl groups is 1. The highest BCUT2D eigenvalue weighted by Gasteiger charge is 2.26. The van der Waals surface area contributed by atoms with Gasteiger partial charge in [0.05, 0.1) is 6.61 Å². The van der Waals surface area contributed by atoms with E-state index < -0.39 is 6.04 Å². The quantitative estimate of drug-likeness (QED) is 0.836. The molecule has 2 rings (SSSR count). The molecular weight excluding hydrogens is 218 g/mol. The molecule has 1 aromatic rings. The summed E-state index contributed by atoms with van der Waals surface area (Å²) in [6.07, 6.45) is 6.04. The average Bonchev–Trinajstić information content (AvgIpc) is 2.87.